The molecular formula is C9H14N2O2. The van der Waals surface area contributed by atoms with Crippen LogP contribution in [0.15, 0.2) is 18.3 Å². The Hall–Kier alpha value is -1.13. The van der Waals surface area contributed by atoms with Crippen molar-refractivity contribution < 1.29 is 9.47 Å². The Balaban J connectivity index is 2.40. The third-order valence-electron chi connectivity index (χ3n) is 1.57. The molecule has 0 amide bonds. The van der Waals surface area contributed by atoms with Gasteiger partial charge in [0.15, 0.2) is 0 Å². The Morgan fingerprint density at radius 3 is 2.77 bits per heavy atom. The maximum absolute atomic E-state index is 5.42. The number of hydrogen-bond acceptors (Lipinski definition) is 4. The number of rotatable bonds is 5. The Bertz CT molecular complexity index is 236. The van der Waals surface area contributed by atoms with Crippen LogP contribution in [0.25, 0.3) is 0 Å². The monoisotopic (exact) mass is 182 g/mol. The van der Waals surface area contributed by atoms with Gasteiger partial charge >= 0.3 is 0 Å². The van der Waals surface area contributed by atoms with Gasteiger partial charge in [0, 0.05) is 25.9 Å². The number of hydrogen-bond donors (Lipinski definition) is 1. The van der Waals surface area contributed by atoms with Gasteiger partial charge in [0.05, 0.1) is 6.61 Å². The molecular weight excluding hydrogens is 168 g/mol. The lowest BCUT2D eigenvalue weighted by atomic mass is 10.3. The molecule has 1 heterocycles. The number of pyridine rings is 1. The zero-order chi connectivity index (χ0) is 9.52. The van der Waals surface area contributed by atoms with Gasteiger partial charge in [0.1, 0.15) is 6.61 Å². The molecule has 1 aromatic rings. The van der Waals surface area contributed by atoms with E-state index in [1.807, 2.05) is 6.07 Å². The second kappa shape index (κ2) is 5.50. The van der Waals surface area contributed by atoms with E-state index in [0.717, 1.165) is 5.56 Å². The number of nitrogens with two attached hydrogens (primary N) is 1. The van der Waals surface area contributed by atoms with Gasteiger partial charge in [-0.05, 0) is 5.56 Å². The molecule has 0 spiro atoms. The molecule has 4 heteroatoms. The first-order chi connectivity index (χ1) is 6.36. The summed E-state index contributed by atoms with van der Waals surface area (Å²) in [5, 5.41) is 0. The van der Waals surface area contributed by atoms with Crippen LogP contribution in [0, 0.1) is 0 Å². The fraction of sp³-hybridized carbons (Fsp3) is 0.444. The molecule has 0 aliphatic heterocycles. The van der Waals surface area contributed by atoms with Crippen LogP contribution in [0.2, 0.25) is 0 Å². The number of ether oxygens (including phenoxy) is 2. The average molecular weight is 182 g/mol. The zero-order valence-corrected chi connectivity index (χ0v) is 7.69. The number of nitrogens with zero attached hydrogens (tertiary/aromatic N) is 1. The van der Waals surface area contributed by atoms with E-state index in [2.05, 4.69) is 4.98 Å². The predicted octanol–water partition coefficient (Wildman–Crippen LogP) is 0.566. The first-order valence-electron chi connectivity index (χ1n) is 4.13. The smallest absolute Gasteiger partial charge is 0.213 e. The van der Waals surface area contributed by atoms with Gasteiger partial charge in [-0.3, -0.25) is 0 Å². The largest absolute Gasteiger partial charge is 0.475 e. The molecule has 1 rings (SSSR count). The highest BCUT2D eigenvalue weighted by Gasteiger charge is 1.94. The molecule has 0 aliphatic rings. The maximum Gasteiger partial charge on any atom is 0.213 e. The molecule has 4 nitrogen and oxygen atoms in total. The quantitative estimate of drug-likeness (QED) is 0.676. The second-order valence-electron chi connectivity index (χ2n) is 2.55. The van der Waals surface area contributed by atoms with E-state index in [0.29, 0.717) is 25.6 Å². The van der Waals surface area contributed by atoms with Crippen molar-refractivity contribution in [3.8, 4) is 5.88 Å². The summed E-state index contributed by atoms with van der Waals surface area (Å²) < 4.78 is 10.1. The standard InChI is InChI=1S/C9H14N2O2/c1-12-4-5-13-9-3-2-8(6-10)7-11-9/h2-3,7H,4-6,10H2,1H3. The second-order valence-corrected chi connectivity index (χ2v) is 2.55. The van der Waals surface area contributed by atoms with Crippen molar-refractivity contribution in [2.45, 2.75) is 6.54 Å². The van der Waals surface area contributed by atoms with Crippen molar-refractivity contribution >= 4 is 0 Å². The molecule has 0 saturated heterocycles. The number of methoxy groups -OCH3 is 1. The van der Waals surface area contributed by atoms with Gasteiger partial charge < -0.3 is 15.2 Å². The van der Waals surface area contributed by atoms with Gasteiger partial charge in [-0.15, -0.1) is 0 Å². The van der Waals surface area contributed by atoms with E-state index < -0.39 is 0 Å². The summed E-state index contributed by atoms with van der Waals surface area (Å²) in [6.45, 7) is 1.59. The Kier molecular flexibility index (Phi) is 4.21. The van der Waals surface area contributed by atoms with Gasteiger partial charge in [0.2, 0.25) is 5.88 Å². The summed E-state index contributed by atoms with van der Waals surface area (Å²) >= 11 is 0. The lowest BCUT2D eigenvalue weighted by Gasteiger charge is -2.04. The molecule has 0 aliphatic carbocycles. The molecule has 0 aromatic carbocycles. The minimum absolute atomic E-state index is 0.505. The molecule has 0 saturated carbocycles. The first kappa shape index (κ1) is 9.95. The van der Waals surface area contributed by atoms with Crippen molar-refractivity contribution in [2.24, 2.45) is 5.73 Å². The lowest BCUT2D eigenvalue weighted by molar-refractivity contribution is 0.143. The van der Waals surface area contributed by atoms with Crippen LogP contribution in [0.1, 0.15) is 5.56 Å². The van der Waals surface area contributed by atoms with Crippen molar-refractivity contribution in [3.05, 3.63) is 23.9 Å². The fourth-order valence-corrected chi connectivity index (χ4v) is 0.847. The average Bonchev–Trinajstić information content (AvgIpc) is 2.19. The normalized spacial score (nSPS) is 10.0. The topological polar surface area (TPSA) is 57.4 Å². The molecule has 0 bridgehead atoms. The molecule has 0 radical (unpaired) electrons. The lowest BCUT2D eigenvalue weighted by Crippen LogP contribution is -2.05. The van der Waals surface area contributed by atoms with E-state index in [1.54, 1.807) is 19.4 Å². The predicted molar refractivity (Wildman–Crippen MR) is 49.5 cm³/mol. The summed E-state index contributed by atoms with van der Waals surface area (Å²) in [4.78, 5) is 4.06. The van der Waals surface area contributed by atoms with E-state index in [1.165, 1.54) is 0 Å². The van der Waals surface area contributed by atoms with E-state index in [4.69, 9.17) is 15.2 Å². The van der Waals surface area contributed by atoms with Crippen LogP contribution in [0.5, 0.6) is 5.88 Å². The van der Waals surface area contributed by atoms with Gasteiger partial charge in [0.25, 0.3) is 0 Å². The zero-order valence-electron chi connectivity index (χ0n) is 7.69. The summed E-state index contributed by atoms with van der Waals surface area (Å²) in [6.07, 6.45) is 1.71. The minimum atomic E-state index is 0.505. The minimum Gasteiger partial charge on any atom is -0.475 e. The van der Waals surface area contributed by atoms with Crippen LogP contribution < -0.4 is 10.5 Å². The van der Waals surface area contributed by atoms with Crippen molar-refractivity contribution in [2.75, 3.05) is 20.3 Å². The summed E-state index contributed by atoms with van der Waals surface area (Å²) in [5.41, 5.74) is 6.42. The maximum atomic E-state index is 5.42. The highest BCUT2D eigenvalue weighted by atomic mass is 16.5. The SMILES string of the molecule is COCCOc1ccc(CN)cn1. The van der Waals surface area contributed by atoms with Gasteiger partial charge in [-0.2, -0.15) is 0 Å². The van der Waals surface area contributed by atoms with E-state index in [9.17, 15) is 0 Å². The summed E-state index contributed by atoms with van der Waals surface area (Å²) in [7, 11) is 1.63. The van der Waals surface area contributed by atoms with Gasteiger partial charge in [-0.25, -0.2) is 4.98 Å². The summed E-state index contributed by atoms with van der Waals surface area (Å²) in [6, 6.07) is 3.70. The molecule has 1 aromatic heterocycles. The molecule has 0 unspecified atom stereocenters. The van der Waals surface area contributed by atoms with Crippen LogP contribution >= 0.6 is 0 Å². The third-order valence-corrected chi connectivity index (χ3v) is 1.57. The molecule has 0 fully saturated rings. The van der Waals surface area contributed by atoms with Crippen LogP contribution in [-0.2, 0) is 11.3 Å². The summed E-state index contributed by atoms with van der Waals surface area (Å²) in [5.74, 6) is 0.606. The first-order valence-corrected chi connectivity index (χ1v) is 4.13. The van der Waals surface area contributed by atoms with Gasteiger partial charge in [-0.1, -0.05) is 6.07 Å². The van der Waals surface area contributed by atoms with Crippen molar-refractivity contribution in [3.63, 3.8) is 0 Å². The molecule has 2 N–H and O–H groups in total. The highest BCUT2D eigenvalue weighted by Crippen LogP contribution is 2.06. The Morgan fingerprint density at radius 1 is 1.38 bits per heavy atom. The van der Waals surface area contributed by atoms with Crippen LogP contribution in [0.3, 0.4) is 0 Å². The highest BCUT2D eigenvalue weighted by molar-refractivity contribution is 5.17. The molecule has 13 heavy (non-hydrogen) atoms. The molecule has 0 atom stereocenters. The third kappa shape index (κ3) is 3.40. The van der Waals surface area contributed by atoms with Crippen molar-refractivity contribution in [1.29, 1.82) is 0 Å². The number of aromatic nitrogens is 1. The Morgan fingerprint density at radius 2 is 2.23 bits per heavy atom. The fourth-order valence-electron chi connectivity index (χ4n) is 0.847. The van der Waals surface area contributed by atoms with Crippen LogP contribution in [0.4, 0.5) is 0 Å². The van der Waals surface area contributed by atoms with E-state index in [-0.39, 0.29) is 0 Å². The van der Waals surface area contributed by atoms with E-state index >= 15 is 0 Å². The Labute approximate surface area is 77.7 Å². The molecule has 72 valence electrons. The van der Waals surface area contributed by atoms with Crippen molar-refractivity contribution in [1.82, 2.24) is 4.98 Å². The van der Waals surface area contributed by atoms with Crippen LogP contribution in [-0.4, -0.2) is 25.3 Å².